The number of para-hydroxylation sites is 1. The Bertz CT molecular complexity index is 1260. The van der Waals surface area contributed by atoms with Gasteiger partial charge in [-0.1, -0.05) is 30.0 Å². The fourth-order valence-electron chi connectivity index (χ4n) is 3.25. The van der Waals surface area contributed by atoms with Crippen LogP contribution in [0.1, 0.15) is 16.1 Å². The van der Waals surface area contributed by atoms with Gasteiger partial charge in [0.15, 0.2) is 11.0 Å². The molecule has 0 aliphatic carbocycles. The lowest BCUT2D eigenvalue weighted by molar-refractivity contribution is -0.113. The molecule has 0 saturated heterocycles. The second-order valence-corrected chi connectivity index (χ2v) is 8.42. The third kappa shape index (κ3) is 4.98. The maximum Gasteiger partial charge on any atom is 0.253 e. The molecule has 2 heterocycles. The van der Waals surface area contributed by atoms with E-state index >= 15 is 0 Å². The van der Waals surface area contributed by atoms with E-state index in [0.29, 0.717) is 22.2 Å². The Morgan fingerprint density at radius 1 is 1.03 bits per heavy atom. The number of nitrogens with one attached hydrogen (secondary N) is 1. The van der Waals surface area contributed by atoms with Crippen LogP contribution in [0.2, 0.25) is 0 Å². The number of carbonyl (C=O) groups is 2. The van der Waals surface area contributed by atoms with E-state index in [1.807, 2.05) is 47.9 Å². The Hall–Kier alpha value is -3.85. The molecular formula is C24H23N5O3S. The number of furan rings is 1. The molecule has 4 aromatic rings. The van der Waals surface area contributed by atoms with Crippen molar-refractivity contribution in [2.24, 2.45) is 0 Å². The number of amides is 2. The molecule has 1 N–H and O–H groups in total. The van der Waals surface area contributed by atoms with Crippen LogP contribution >= 0.6 is 11.8 Å². The molecule has 9 heteroatoms. The summed E-state index contributed by atoms with van der Waals surface area (Å²) in [4.78, 5) is 26.1. The van der Waals surface area contributed by atoms with Gasteiger partial charge in [-0.2, -0.15) is 0 Å². The van der Waals surface area contributed by atoms with Gasteiger partial charge in [0, 0.05) is 31.0 Å². The summed E-state index contributed by atoms with van der Waals surface area (Å²) in [7, 11) is 3.39. The molecule has 2 aromatic carbocycles. The number of anilines is 1. The molecule has 0 fully saturated rings. The first-order valence-electron chi connectivity index (χ1n) is 10.2. The second kappa shape index (κ2) is 9.74. The first-order chi connectivity index (χ1) is 15.9. The van der Waals surface area contributed by atoms with Crippen LogP contribution in [-0.4, -0.2) is 51.3 Å². The Morgan fingerprint density at radius 3 is 2.39 bits per heavy atom. The molecule has 4 rings (SSSR count). The lowest BCUT2D eigenvalue weighted by Crippen LogP contribution is -2.21. The van der Waals surface area contributed by atoms with E-state index in [9.17, 15) is 9.59 Å². The summed E-state index contributed by atoms with van der Waals surface area (Å²) in [5.41, 5.74) is 2.91. The summed E-state index contributed by atoms with van der Waals surface area (Å²) in [5, 5.41) is 12.1. The molecule has 0 unspecified atom stereocenters. The van der Waals surface area contributed by atoms with Gasteiger partial charge in [0.2, 0.25) is 5.91 Å². The summed E-state index contributed by atoms with van der Waals surface area (Å²) in [6.07, 6.45) is 1.62. The zero-order chi connectivity index (χ0) is 23.4. The van der Waals surface area contributed by atoms with Crippen LogP contribution in [0.3, 0.4) is 0 Å². The topological polar surface area (TPSA) is 93.3 Å². The molecule has 8 nitrogen and oxygen atoms in total. The van der Waals surface area contributed by atoms with Gasteiger partial charge in [-0.05, 0) is 49.4 Å². The van der Waals surface area contributed by atoms with Crippen molar-refractivity contribution >= 4 is 29.3 Å². The van der Waals surface area contributed by atoms with E-state index in [0.717, 1.165) is 17.0 Å². The van der Waals surface area contributed by atoms with Crippen molar-refractivity contribution in [1.82, 2.24) is 19.7 Å². The van der Waals surface area contributed by atoms with Crippen LogP contribution in [-0.2, 0) is 4.79 Å². The minimum Gasteiger partial charge on any atom is -0.469 e. The van der Waals surface area contributed by atoms with Crippen molar-refractivity contribution < 1.29 is 14.0 Å². The minimum absolute atomic E-state index is 0.0904. The predicted octanol–water partition coefficient (Wildman–Crippen LogP) is 4.27. The Balaban J connectivity index is 1.49. The first kappa shape index (κ1) is 22.3. The molecule has 0 aliphatic heterocycles. The molecule has 0 atom stereocenters. The fourth-order valence-corrected chi connectivity index (χ4v) is 4.00. The van der Waals surface area contributed by atoms with Crippen molar-refractivity contribution in [2.45, 2.75) is 12.1 Å². The maximum atomic E-state index is 12.6. The second-order valence-electron chi connectivity index (χ2n) is 7.48. The van der Waals surface area contributed by atoms with Crippen LogP contribution in [0.5, 0.6) is 0 Å². The highest BCUT2D eigenvalue weighted by Gasteiger charge is 2.19. The van der Waals surface area contributed by atoms with E-state index < -0.39 is 0 Å². The van der Waals surface area contributed by atoms with Crippen molar-refractivity contribution in [1.29, 1.82) is 0 Å². The van der Waals surface area contributed by atoms with Crippen molar-refractivity contribution in [3.05, 3.63) is 78.3 Å². The highest BCUT2D eigenvalue weighted by molar-refractivity contribution is 7.99. The van der Waals surface area contributed by atoms with Gasteiger partial charge < -0.3 is 14.6 Å². The number of aromatic nitrogens is 3. The van der Waals surface area contributed by atoms with Gasteiger partial charge in [-0.3, -0.25) is 14.2 Å². The Labute approximate surface area is 195 Å². The molecule has 0 saturated carbocycles. The molecule has 0 radical (unpaired) electrons. The number of hydrogen-bond acceptors (Lipinski definition) is 6. The maximum absolute atomic E-state index is 12.6. The zero-order valence-corrected chi connectivity index (χ0v) is 19.3. The number of aryl methyl sites for hydroxylation is 1. The number of nitrogens with zero attached hydrogens (tertiary/aromatic N) is 4. The number of thioether (sulfide) groups is 1. The van der Waals surface area contributed by atoms with Gasteiger partial charge in [0.1, 0.15) is 5.76 Å². The summed E-state index contributed by atoms with van der Waals surface area (Å²) < 4.78 is 7.36. The molecule has 2 amide bonds. The molecule has 0 aliphatic rings. The lowest BCUT2D eigenvalue weighted by Gasteiger charge is -2.11. The molecule has 2 aromatic heterocycles. The SMILES string of the molecule is Cc1occc1-c1nnc(SCC(=O)Nc2ccc(C(=O)N(C)C)cc2)n1-c1ccccc1. The van der Waals surface area contributed by atoms with E-state index in [1.165, 1.54) is 16.7 Å². The number of carbonyl (C=O) groups excluding carboxylic acids is 2. The average molecular weight is 462 g/mol. The number of benzene rings is 2. The highest BCUT2D eigenvalue weighted by atomic mass is 32.2. The quantitative estimate of drug-likeness (QED) is 0.413. The Morgan fingerprint density at radius 2 is 1.76 bits per heavy atom. The zero-order valence-electron chi connectivity index (χ0n) is 18.5. The van der Waals surface area contributed by atoms with Gasteiger partial charge in [-0.15, -0.1) is 10.2 Å². The van der Waals surface area contributed by atoms with E-state index in [-0.39, 0.29) is 17.6 Å². The van der Waals surface area contributed by atoms with Gasteiger partial charge in [0.25, 0.3) is 5.91 Å². The van der Waals surface area contributed by atoms with Gasteiger partial charge >= 0.3 is 0 Å². The summed E-state index contributed by atoms with van der Waals surface area (Å²) in [5.74, 6) is 1.26. The van der Waals surface area contributed by atoms with Gasteiger partial charge in [0.05, 0.1) is 17.6 Å². The normalized spacial score (nSPS) is 10.8. The van der Waals surface area contributed by atoms with Crippen LogP contribution < -0.4 is 5.32 Å². The number of hydrogen-bond donors (Lipinski definition) is 1. The monoisotopic (exact) mass is 461 g/mol. The Kier molecular flexibility index (Phi) is 6.60. The average Bonchev–Trinajstić information content (AvgIpc) is 3.43. The predicted molar refractivity (Wildman–Crippen MR) is 128 cm³/mol. The molecular weight excluding hydrogens is 438 g/mol. The van der Waals surface area contributed by atoms with Crippen molar-refractivity contribution in [3.8, 4) is 17.1 Å². The smallest absolute Gasteiger partial charge is 0.253 e. The number of rotatable bonds is 7. The van der Waals surface area contributed by atoms with Gasteiger partial charge in [-0.25, -0.2) is 0 Å². The lowest BCUT2D eigenvalue weighted by atomic mass is 10.2. The first-order valence-corrected chi connectivity index (χ1v) is 11.2. The summed E-state index contributed by atoms with van der Waals surface area (Å²) in [6, 6.07) is 18.4. The van der Waals surface area contributed by atoms with Crippen LogP contribution in [0, 0.1) is 6.92 Å². The minimum atomic E-state index is -0.185. The van der Waals surface area contributed by atoms with Crippen LogP contribution in [0.25, 0.3) is 17.1 Å². The largest absolute Gasteiger partial charge is 0.469 e. The highest BCUT2D eigenvalue weighted by Crippen LogP contribution is 2.30. The third-order valence-corrected chi connectivity index (χ3v) is 5.83. The van der Waals surface area contributed by atoms with Crippen LogP contribution in [0.15, 0.2) is 76.5 Å². The molecule has 168 valence electrons. The van der Waals surface area contributed by atoms with Crippen molar-refractivity contribution in [3.63, 3.8) is 0 Å². The van der Waals surface area contributed by atoms with Crippen LogP contribution in [0.4, 0.5) is 5.69 Å². The van der Waals surface area contributed by atoms with E-state index in [2.05, 4.69) is 15.5 Å². The molecule has 0 bridgehead atoms. The third-order valence-electron chi connectivity index (χ3n) is 4.90. The van der Waals surface area contributed by atoms with Crippen molar-refractivity contribution in [2.75, 3.05) is 25.2 Å². The molecule has 0 spiro atoms. The summed E-state index contributed by atoms with van der Waals surface area (Å²) in [6.45, 7) is 1.87. The molecule has 33 heavy (non-hydrogen) atoms. The fraction of sp³-hybridized carbons (Fsp3) is 0.167. The van der Waals surface area contributed by atoms with E-state index in [1.54, 1.807) is 44.6 Å². The summed E-state index contributed by atoms with van der Waals surface area (Å²) >= 11 is 1.29. The standard InChI is InChI=1S/C24H23N5O3S/c1-16-20(13-14-32-16)22-26-27-24(29(22)19-7-5-4-6-8-19)33-15-21(30)25-18-11-9-17(10-12-18)23(31)28(2)3/h4-14H,15H2,1-3H3,(H,25,30). The van der Waals surface area contributed by atoms with E-state index in [4.69, 9.17) is 4.42 Å².